The van der Waals surface area contributed by atoms with Crippen LogP contribution >= 0.6 is 0 Å². The molecule has 0 aromatic heterocycles. The Morgan fingerprint density at radius 1 is 1.27 bits per heavy atom. The maximum Gasteiger partial charge on any atom is 0.0526 e. The summed E-state index contributed by atoms with van der Waals surface area (Å²) in [5.41, 5.74) is 0. The van der Waals surface area contributed by atoms with Crippen LogP contribution in [0.4, 0.5) is 0 Å². The molecule has 0 radical (unpaired) electrons. The number of nitrogens with zero attached hydrogens (tertiary/aromatic N) is 2. The van der Waals surface area contributed by atoms with E-state index in [1.54, 1.807) is 0 Å². The molecule has 1 aliphatic heterocycles. The molecule has 0 aromatic carbocycles. The minimum atomic E-state index is -0.174. The average molecular weight is 214 g/mol. The highest BCUT2D eigenvalue weighted by atomic mass is 16.3. The third-order valence-corrected chi connectivity index (χ3v) is 3.53. The molecule has 1 saturated heterocycles. The Bertz CT molecular complexity index is 174. The van der Waals surface area contributed by atoms with E-state index in [0.717, 1.165) is 12.5 Å². The Hall–Kier alpha value is -0.120. The van der Waals surface area contributed by atoms with Crippen LogP contribution in [0.15, 0.2) is 0 Å². The molecule has 1 rings (SSSR count). The number of likely N-dealkylation sites (tertiary alicyclic amines) is 1. The molecular formula is C12H26N2O. The summed E-state index contributed by atoms with van der Waals surface area (Å²) in [4.78, 5) is 4.84. The first-order valence-corrected chi connectivity index (χ1v) is 6.09. The molecule has 15 heavy (non-hydrogen) atoms. The quantitative estimate of drug-likeness (QED) is 0.761. The maximum atomic E-state index is 9.36. The highest BCUT2D eigenvalue weighted by Crippen LogP contribution is 2.18. The van der Waals surface area contributed by atoms with Crippen LogP contribution in [0.5, 0.6) is 0 Å². The number of rotatable bonds is 4. The van der Waals surface area contributed by atoms with Crippen molar-refractivity contribution in [1.82, 2.24) is 9.80 Å². The second-order valence-electron chi connectivity index (χ2n) is 5.16. The van der Waals surface area contributed by atoms with E-state index in [4.69, 9.17) is 0 Å². The van der Waals surface area contributed by atoms with Crippen molar-refractivity contribution in [2.24, 2.45) is 0 Å². The molecule has 1 N–H and O–H groups in total. The molecule has 0 amide bonds. The Kier molecular flexibility index (Phi) is 5.03. The lowest BCUT2D eigenvalue weighted by Gasteiger charge is -2.38. The molecule has 0 spiro atoms. The van der Waals surface area contributed by atoms with Crippen LogP contribution in [-0.2, 0) is 0 Å². The highest BCUT2D eigenvalue weighted by molar-refractivity contribution is 4.80. The molecule has 0 bridgehead atoms. The summed E-state index contributed by atoms with van der Waals surface area (Å²) in [5.74, 6) is 0. The Morgan fingerprint density at radius 2 is 1.80 bits per heavy atom. The van der Waals surface area contributed by atoms with Gasteiger partial charge >= 0.3 is 0 Å². The van der Waals surface area contributed by atoms with Crippen molar-refractivity contribution in [3.63, 3.8) is 0 Å². The van der Waals surface area contributed by atoms with Crippen molar-refractivity contribution in [2.75, 3.05) is 27.2 Å². The van der Waals surface area contributed by atoms with Gasteiger partial charge in [0.1, 0.15) is 0 Å². The van der Waals surface area contributed by atoms with Crippen molar-refractivity contribution < 1.29 is 5.11 Å². The van der Waals surface area contributed by atoms with Crippen LogP contribution in [0, 0.1) is 0 Å². The van der Waals surface area contributed by atoms with Crippen LogP contribution in [0.1, 0.15) is 33.1 Å². The summed E-state index contributed by atoms with van der Waals surface area (Å²) in [6.07, 6.45) is 3.24. The van der Waals surface area contributed by atoms with Crippen molar-refractivity contribution in [2.45, 2.75) is 51.3 Å². The predicted molar refractivity (Wildman–Crippen MR) is 64.0 cm³/mol. The minimum absolute atomic E-state index is 0.174. The third-order valence-electron chi connectivity index (χ3n) is 3.53. The fourth-order valence-corrected chi connectivity index (χ4v) is 2.49. The monoisotopic (exact) mass is 214 g/mol. The van der Waals surface area contributed by atoms with E-state index in [2.05, 4.69) is 30.8 Å². The molecule has 2 unspecified atom stereocenters. The van der Waals surface area contributed by atoms with Gasteiger partial charge in [0, 0.05) is 12.1 Å². The van der Waals surface area contributed by atoms with Gasteiger partial charge in [-0.3, -0.25) is 0 Å². The van der Waals surface area contributed by atoms with E-state index in [-0.39, 0.29) is 6.10 Å². The molecule has 90 valence electrons. The van der Waals surface area contributed by atoms with Crippen LogP contribution in [0.3, 0.4) is 0 Å². The topological polar surface area (TPSA) is 26.7 Å². The largest absolute Gasteiger partial charge is 0.393 e. The van der Waals surface area contributed by atoms with Gasteiger partial charge in [-0.05, 0) is 60.3 Å². The molecule has 3 heteroatoms. The number of piperidine rings is 1. The number of aliphatic hydroxyl groups excluding tert-OH is 1. The van der Waals surface area contributed by atoms with Crippen molar-refractivity contribution >= 4 is 0 Å². The van der Waals surface area contributed by atoms with Gasteiger partial charge in [0.15, 0.2) is 0 Å². The summed E-state index contributed by atoms with van der Waals surface area (Å²) in [6, 6.07) is 1.27. The van der Waals surface area contributed by atoms with Crippen LogP contribution in [0.2, 0.25) is 0 Å². The van der Waals surface area contributed by atoms with Gasteiger partial charge in [0.25, 0.3) is 0 Å². The molecule has 0 aliphatic carbocycles. The first kappa shape index (κ1) is 12.9. The van der Waals surface area contributed by atoms with E-state index in [9.17, 15) is 5.11 Å². The Balaban J connectivity index is 2.30. The van der Waals surface area contributed by atoms with E-state index < -0.39 is 0 Å². The molecule has 1 fully saturated rings. The standard InChI is InChI=1S/C12H26N2O/c1-10(9-11(2)15)14-7-5-12(6-8-14)13(3)4/h10-12,15H,5-9H2,1-4H3. The normalized spacial score (nSPS) is 24.4. The summed E-state index contributed by atoms with van der Waals surface area (Å²) in [5, 5.41) is 9.36. The van der Waals surface area contributed by atoms with Gasteiger partial charge in [-0.25, -0.2) is 0 Å². The zero-order chi connectivity index (χ0) is 11.4. The minimum Gasteiger partial charge on any atom is -0.393 e. The SMILES string of the molecule is CC(O)CC(C)N1CCC(N(C)C)CC1. The average Bonchev–Trinajstić information content (AvgIpc) is 2.17. The molecular weight excluding hydrogens is 188 g/mol. The second kappa shape index (κ2) is 5.83. The van der Waals surface area contributed by atoms with E-state index >= 15 is 0 Å². The number of hydrogen-bond acceptors (Lipinski definition) is 3. The van der Waals surface area contributed by atoms with E-state index in [1.807, 2.05) is 6.92 Å². The first-order valence-electron chi connectivity index (χ1n) is 6.09. The van der Waals surface area contributed by atoms with Crippen molar-refractivity contribution in [3.05, 3.63) is 0 Å². The van der Waals surface area contributed by atoms with Crippen molar-refractivity contribution in [3.8, 4) is 0 Å². The Morgan fingerprint density at radius 3 is 2.20 bits per heavy atom. The smallest absolute Gasteiger partial charge is 0.0526 e. The van der Waals surface area contributed by atoms with Crippen LogP contribution < -0.4 is 0 Å². The lowest BCUT2D eigenvalue weighted by atomic mass is 10.0. The molecule has 1 heterocycles. The van der Waals surface area contributed by atoms with Crippen LogP contribution in [0.25, 0.3) is 0 Å². The molecule has 3 nitrogen and oxygen atoms in total. The fraction of sp³-hybridized carbons (Fsp3) is 1.00. The Labute approximate surface area is 94.1 Å². The summed E-state index contributed by atoms with van der Waals surface area (Å²) >= 11 is 0. The molecule has 0 saturated carbocycles. The fourth-order valence-electron chi connectivity index (χ4n) is 2.49. The van der Waals surface area contributed by atoms with Gasteiger partial charge in [-0.15, -0.1) is 0 Å². The summed E-state index contributed by atoms with van der Waals surface area (Å²) < 4.78 is 0. The first-order chi connectivity index (χ1) is 7.00. The van der Waals surface area contributed by atoms with Gasteiger partial charge < -0.3 is 14.9 Å². The van der Waals surface area contributed by atoms with Gasteiger partial charge in [0.2, 0.25) is 0 Å². The maximum absolute atomic E-state index is 9.36. The predicted octanol–water partition coefficient (Wildman–Crippen LogP) is 1.17. The van der Waals surface area contributed by atoms with Gasteiger partial charge in [-0.1, -0.05) is 0 Å². The lowest BCUT2D eigenvalue weighted by Crippen LogP contribution is -2.46. The summed E-state index contributed by atoms with van der Waals surface area (Å²) in [7, 11) is 4.33. The number of hydrogen-bond donors (Lipinski definition) is 1. The highest BCUT2D eigenvalue weighted by Gasteiger charge is 2.24. The van der Waals surface area contributed by atoms with Gasteiger partial charge in [-0.2, -0.15) is 0 Å². The number of aliphatic hydroxyl groups is 1. The zero-order valence-corrected chi connectivity index (χ0v) is 10.6. The van der Waals surface area contributed by atoms with Gasteiger partial charge in [0.05, 0.1) is 6.10 Å². The van der Waals surface area contributed by atoms with Crippen molar-refractivity contribution in [1.29, 1.82) is 0 Å². The molecule has 1 aliphatic rings. The molecule has 0 aromatic rings. The third kappa shape index (κ3) is 4.09. The summed E-state index contributed by atoms with van der Waals surface area (Å²) in [6.45, 7) is 6.46. The lowest BCUT2D eigenvalue weighted by molar-refractivity contribution is 0.0813. The molecule has 2 atom stereocenters. The van der Waals surface area contributed by atoms with E-state index in [0.29, 0.717) is 6.04 Å². The van der Waals surface area contributed by atoms with Crippen LogP contribution in [-0.4, -0.2) is 60.3 Å². The second-order valence-corrected chi connectivity index (χ2v) is 5.16. The van der Waals surface area contributed by atoms with E-state index in [1.165, 1.54) is 25.9 Å². The zero-order valence-electron chi connectivity index (χ0n) is 10.6.